The molecule has 0 fully saturated rings. The van der Waals surface area contributed by atoms with Gasteiger partial charge in [0, 0.05) is 0 Å². The van der Waals surface area contributed by atoms with Crippen LogP contribution in [0, 0.1) is 0 Å². The van der Waals surface area contributed by atoms with Crippen LogP contribution in [0.4, 0.5) is 0 Å². The van der Waals surface area contributed by atoms with Crippen molar-refractivity contribution < 1.29 is 0 Å². The van der Waals surface area contributed by atoms with Crippen molar-refractivity contribution in [3.05, 3.63) is 0 Å². The van der Waals surface area contributed by atoms with Crippen molar-refractivity contribution in [2.75, 3.05) is 24.6 Å². The molecule has 286 valence electrons. The van der Waals surface area contributed by atoms with Gasteiger partial charge in [0.1, 0.15) is 0 Å². The van der Waals surface area contributed by atoms with Crippen molar-refractivity contribution in [3.63, 3.8) is 0 Å². The van der Waals surface area contributed by atoms with E-state index in [1.807, 2.05) is 0 Å². The van der Waals surface area contributed by atoms with Crippen molar-refractivity contribution >= 4 is 7.26 Å². The van der Waals surface area contributed by atoms with Crippen LogP contribution in [-0.4, -0.2) is 24.6 Å². The molecule has 0 aromatic rings. The molecular weight excluding hydrogens is 583 g/mol. The summed E-state index contributed by atoms with van der Waals surface area (Å²) < 4.78 is 0. The number of unbranched alkanes of at least 4 members (excludes halogenated alkanes) is 34. The normalized spacial score (nSPS) is 12.3. The van der Waals surface area contributed by atoms with E-state index in [2.05, 4.69) is 27.7 Å². The Morgan fingerprint density at radius 3 is 0.447 bits per heavy atom. The third kappa shape index (κ3) is 36.0. The molecule has 0 aromatic carbocycles. The van der Waals surface area contributed by atoms with Crippen LogP contribution in [0.2, 0.25) is 0 Å². The molecule has 0 atom stereocenters. The summed E-state index contributed by atoms with van der Waals surface area (Å²) in [6.45, 7) is 9.38. The van der Waals surface area contributed by atoms with Crippen molar-refractivity contribution in [1.82, 2.24) is 0 Å². The summed E-state index contributed by atoms with van der Waals surface area (Å²) in [4.78, 5) is 0. The zero-order valence-corrected chi connectivity index (χ0v) is 35.2. The standard InChI is InChI=1S/C46H97P/c1-5-9-13-17-21-22-23-24-25-26-27-28-29-30-34-38-42-46-47(43-39-35-31-18-14-10-6-2,44-40-36-32-19-15-11-7-3)45-41-37-33-20-16-12-8-4/h47H,5-46H2,1-4H3. The molecule has 0 unspecified atom stereocenters. The minimum atomic E-state index is -1.13. The predicted octanol–water partition coefficient (Wildman–Crippen LogP) is 17.6. The Kier molecular flexibility index (Phi) is 41.2. The summed E-state index contributed by atoms with van der Waals surface area (Å²) in [5, 5.41) is 0. The molecule has 0 rings (SSSR count). The first kappa shape index (κ1) is 47.4. The van der Waals surface area contributed by atoms with Crippen LogP contribution in [-0.2, 0) is 0 Å². The van der Waals surface area contributed by atoms with Gasteiger partial charge in [-0.25, -0.2) is 0 Å². The predicted molar refractivity (Wildman–Crippen MR) is 226 cm³/mol. The molecule has 0 aromatic heterocycles. The van der Waals surface area contributed by atoms with E-state index < -0.39 is 7.26 Å². The Bertz CT molecular complexity index is 496. The second-order valence-corrected chi connectivity index (χ2v) is 21.5. The molecule has 0 aliphatic carbocycles. The number of hydrogen-bond donors (Lipinski definition) is 0. The third-order valence-corrected chi connectivity index (χ3v) is 17.4. The summed E-state index contributed by atoms with van der Waals surface area (Å²) in [5.74, 6) is 0. The van der Waals surface area contributed by atoms with Gasteiger partial charge in [0.15, 0.2) is 0 Å². The SMILES string of the molecule is CCCCCCCCCCCCCCCCCCC[PH](CCCCCCCCC)(CCCCCCCCC)CCCCCCCCC. The fraction of sp³-hybridized carbons (Fsp3) is 1.00. The van der Waals surface area contributed by atoms with Crippen LogP contribution in [0.5, 0.6) is 0 Å². The first-order chi connectivity index (χ1) is 23.2. The van der Waals surface area contributed by atoms with E-state index in [-0.39, 0.29) is 0 Å². The van der Waals surface area contributed by atoms with Gasteiger partial charge in [-0.3, -0.25) is 0 Å². The van der Waals surface area contributed by atoms with E-state index in [0.717, 1.165) is 0 Å². The van der Waals surface area contributed by atoms with E-state index in [9.17, 15) is 0 Å². The van der Waals surface area contributed by atoms with Gasteiger partial charge in [-0.05, 0) is 0 Å². The topological polar surface area (TPSA) is 0 Å². The van der Waals surface area contributed by atoms with Crippen molar-refractivity contribution in [3.8, 4) is 0 Å². The van der Waals surface area contributed by atoms with E-state index in [1.165, 1.54) is 218 Å². The Hall–Kier alpha value is 0.430. The quantitative estimate of drug-likeness (QED) is 0.0445. The van der Waals surface area contributed by atoms with Gasteiger partial charge in [-0.15, -0.1) is 0 Å². The van der Waals surface area contributed by atoms with Crippen LogP contribution in [0.3, 0.4) is 0 Å². The van der Waals surface area contributed by atoms with Gasteiger partial charge in [0.2, 0.25) is 0 Å². The van der Waals surface area contributed by atoms with E-state index in [0.29, 0.717) is 0 Å². The molecular formula is C46H97P. The fourth-order valence-corrected chi connectivity index (χ4v) is 13.8. The van der Waals surface area contributed by atoms with Gasteiger partial charge in [0.05, 0.1) is 0 Å². The van der Waals surface area contributed by atoms with Gasteiger partial charge in [0.25, 0.3) is 0 Å². The van der Waals surface area contributed by atoms with Crippen LogP contribution >= 0.6 is 7.26 Å². The van der Waals surface area contributed by atoms with Crippen molar-refractivity contribution in [2.24, 2.45) is 0 Å². The molecule has 1 heteroatoms. The van der Waals surface area contributed by atoms with Crippen LogP contribution < -0.4 is 0 Å². The first-order valence-corrected chi connectivity index (χ1v) is 26.1. The summed E-state index contributed by atoms with van der Waals surface area (Å²) in [5.41, 5.74) is 0. The molecule has 0 heterocycles. The fourth-order valence-electron chi connectivity index (χ4n) is 8.35. The zero-order valence-electron chi connectivity index (χ0n) is 34.2. The van der Waals surface area contributed by atoms with Crippen LogP contribution in [0.15, 0.2) is 0 Å². The third-order valence-electron chi connectivity index (χ3n) is 11.7. The van der Waals surface area contributed by atoms with E-state index >= 15 is 0 Å². The number of hydrogen-bond acceptors (Lipinski definition) is 0. The Labute approximate surface area is 302 Å². The monoisotopic (exact) mass is 681 g/mol. The summed E-state index contributed by atoms with van der Waals surface area (Å²) in [6, 6.07) is 0. The van der Waals surface area contributed by atoms with Gasteiger partial charge < -0.3 is 0 Å². The Morgan fingerprint density at radius 2 is 0.298 bits per heavy atom. The van der Waals surface area contributed by atoms with Crippen LogP contribution in [0.25, 0.3) is 0 Å². The molecule has 0 bridgehead atoms. The molecule has 0 N–H and O–H groups in total. The molecule has 0 saturated heterocycles. The Balaban J connectivity index is 4.52. The summed E-state index contributed by atoms with van der Waals surface area (Å²) >= 11 is 0. The Morgan fingerprint density at radius 1 is 0.170 bits per heavy atom. The summed E-state index contributed by atoms with van der Waals surface area (Å²) in [7, 11) is -1.13. The molecule has 47 heavy (non-hydrogen) atoms. The van der Waals surface area contributed by atoms with Crippen LogP contribution in [0.1, 0.15) is 272 Å². The second-order valence-electron chi connectivity index (χ2n) is 16.5. The van der Waals surface area contributed by atoms with E-state index in [1.54, 1.807) is 50.3 Å². The second kappa shape index (κ2) is 40.9. The maximum atomic E-state index is 2.35. The average Bonchev–Trinajstić information content (AvgIpc) is 3.08. The van der Waals surface area contributed by atoms with Crippen molar-refractivity contribution in [1.29, 1.82) is 0 Å². The molecule has 0 nitrogen and oxygen atoms in total. The van der Waals surface area contributed by atoms with Gasteiger partial charge >= 0.3 is 258 Å². The number of rotatable bonds is 42. The zero-order chi connectivity index (χ0) is 34.2. The average molecular weight is 681 g/mol. The molecule has 0 aliphatic heterocycles. The maximum absolute atomic E-state index is 2.35. The molecule has 0 aliphatic rings. The molecule has 0 spiro atoms. The van der Waals surface area contributed by atoms with Gasteiger partial charge in [-0.1, -0.05) is 45.4 Å². The van der Waals surface area contributed by atoms with Crippen molar-refractivity contribution in [2.45, 2.75) is 272 Å². The first-order valence-electron chi connectivity index (χ1n) is 23.2. The minimum absolute atomic E-state index is 1.13. The summed E-state index contributed by atoms with van der Waals surface area (Å²) in [6.07, 6.45) is 63.4. The van der Waals surface area contributed by atoms with E-state index in [4.69, 9.17) is 0 Å². The molecule has 0 saturated carbocycles. The molecule has 0 radical (unpaired) electrons. The van der Waals surface area contributed by atoms with Gasteiger partial charge in [-0.2, -0.15) is 0 Å². The molecule has 0 amide bonds.